The molecule has 18 heavy (non-hydrogen) atoms. The highest BCUT2D eigenvalue weighted by Gasteiger charge is 2.09. The van der Waals surface area contributed by atoms with E-state index in [-0.39, 0.29) is 25.7 Å². The van der Waals surface area contributed by atoms with Gasteiger partial charge in [0.05, 0.1) is 12.2 Å². The molecule has 1 aromatic carbocycles. The SMILES string of the molecule is Cc1ccc(N)c(C(=O)NCCOCC(=O)O)c1. The summed E-state index contributed by atoms with van der Waals surface area (Å²) in [4.78, 5) is 21.9. The number of carboxylic acid groups (broad SMARTS) is 1. The second-order valence-electron chi connectivity index (χ2n) is 3.79. The standard InChI is InChI=1S/C12H16N2O4/c1-8-2-3-10(13)9(6-8)12(17)14-4-5-18-7-11(15)16/h2-3,6H,4-5,7,13H2,1H3,(H,14,17)(H,15,16). The summed E-state index contributed by atoms with van der Waals surface area (Å²) in [5.41, 5.74) is 7.45. The van der Waals surface area contributed by atoms with Crippen LogP contribution in [0.5, 0.6) is 0 Å². The van der Waals surface area contributed by atoms with E-state index < -0.39 is 5.97 Å². The minimum absolute atomic E-state index is 0.143. The number of amides is 1. The van der Waals surface area contributed by atoms with Gasteiger partial charge >= 0.3 is 5.97 Å². The van der Waals surface area contributed by atoms with Crippen LogP contribution >= 0.6 is 0 Å². The fourth-order valence-corrected chi connectivity index (χ4v) is 1.36. The average molecular weight is 252 g/mol. The van der Waals surface area contributed by atoms with Gasteiger partial charge in [-0.25, -0.2) is 4.79 Å². The van der Waals surface area contributed by atoms with Gasteiger partial charge in [-0.3, -0.25) is 4.79 Å². The number of anilines is 1. The van der Waals surface area contributed by atoms with Crippen molar-refractivity contribution in [1.82, 2.24) is 5.32 Å². The Kier molecular flexibility index (Phi) is 5.13. The Labute approximate surface area is 105 Å². The minimum atomic E-state index is -1.04. The van der Waals surface area contributed by atoms with Gasteiger partial charge in [-0.2, -0.15) is 0 Å². The number of carboxylic acids is 1. The fraction of sp³-hybridized carbons (Fsp3) is 0.333. The predicted octanol–water partition coefficient (Wildman–Crippen LogP) is 0.408. The largest absolute Gasteiger partial charge is 0.480 e. The first-order valence-corrected chi connectivity index (χ1v) is 5.44. The Balaban J connectivity index is 2.41. The molecule has 6 nitrogen and oxygen atoms in total. The van der Waals surface area contributed by atoms with Gasteiger partial charge in [-0.05, 0) is 19.1 Å². The highest BCUT2D eigenvalue weighted by molar-refractivity contribution is 5.99. The summed E-state index contributed by atoms with van der Waals surface area (Å²) in [5.74, 6) is -1.33. The molecule has 0 bridgehead atoms. The minimum Gasteiger partial charge on any atom is -0.480 e. The van der Waals surface area contributed by atoms with Crippen LogP contribution in [0, 0.1) is 6.92 Å². The molecule has 0 radical (unpaired) electrons. The Morgan fingerprint density at radius 2 is 2.17 bits per heavy atom. The molecule has 1 amide bonds. The Bertz CT molecular complexity index is 446. The van der Waals surface area contributed by atoms with Crippen LogP contribution in [0.3, 0.4) is 0 Å². The second-order valence-corrected chi connectivity index (χ2v) is 3.79. The number of nitrogens with one attached hydrogen (secondary N) is 1. The molecule has 0 fully saturated rings. The summed E-state index contributed by atoms with van der Waals surface area (Å²) in [6, 6.07) is 5.19. The number of aryl methyl sites for hydroxylation is 1. The van der Waals surface area contributed by atoms with Crippen molar-refractivity contribution in [2.75, 3.05) is 25.5 Å². The molecule has 0 unspecified atom stereocenters. The molecule has 0 aliphatic heterocycles. The summed E-state index contributed by atoms with van der Waals surface area (Å²) in [7, 11) is 0. The first-order valence-electron chi connectivity index (χ1n) is 5.44. The number of carbonyl (C=O) groups excluding carboxylic acids is 1. The lowest BCUT2D eigenvalue weighted by molar-refractivity contribution is -0.142. The van der Waals surface area contributed by atoms with Gasteiger partial charge in [0.25, 0.3) is 5.91 Å². The lowest BCUT2D eigenvalue weighted by Crippen LogP contribution is -2.28. The highest BCUT2D eigenvalue weighted by atomic mass is 16.5. The topological polar surface area (TPSA) is 102 Å². The maximum absolute atomic E-state index is 11.8. The van der Waals surface area contributed by atoms with Crippen molar-refractivity contribution in [2.24, 2.45) is 0 Å². The molecular formula is C12H16N2O4. The lowest BCUT2D eigenvalue weighted by atomic mass is 10.1. The Morgan fingerprint density at radius 3 is 2.83 bits per heavy atom. The number of benzene rings is 1. The summed E-state index contributed by atoms with van der Waals surface area (Å²) in [6.45, 7) is 1.87. The fourth-order valence-electron chi connectivity index (χ4n) is 1.36. The Morgan fingerprint density at radius 1 is 1.44 bits per heavy atom. The van der Waals surface area contributed by atoms with Gasteiger partial charge in [0.1, 0.15) is 6.61 Å². The molecule has 0 aliphatic rings. The van der Waals surface area contributed by atoms with Crippen LogP contribution in [-0.4, -0.2) is 36.7 Å². The van der Waals surface area contributed by atoms with Gasteiger partial charge < -0.3 is 20.9 Å². The van der Waals surface area contributed by atoms with E-state index in [2.05, 4.69) is 5.32 Å². The molecule has 4 N–H and O–H groups in total. The van der Waals surface area contributed by atoms with Gasteiger partial charge in [0, 0.05) is 12.2 Å². The van der Waals surface area contributed by atoms with Crippen molar-refractivity contribution in [1.29, 1.82) is 0 Å². The Hall–Kier alpha value is -2.08. The summed E-state index contributed by atoms with van der Waals surface area (Å²) < 4.78 is 4.79. The second kappa shape index (κ2) is 6.61. The van der Waals surface area contributed by atoms with Crippen molar-refractivity contribution in [3.05, 3.63) is 29.3 Å². The van der Waals surface area contributed by atoms with Gasteiger partial charge in [-0.1, -0.05) is 11.6 Å². The molecule has 1 rings (SSSR count). The van der Waals surface area contributed by atoms with Crippen LogP contribution < -0.4 is 11.1 Å². The van der Waals surface area contributed by atoms with Crippen LogP contribution in [-0.2, 0) is 9.53 Å². The number of hydrogen-bond acceptors (Lipinski definition) is 4. The molecule has 0 heterocycles. The number of hydrogen-bond donors (Lipinski definition) is 3. The van der Waals surface area contributed by atoms with Crippen molar-refractivity contribution in [3.63, 3.8) is 0 Å². The van der Waals surface area contributed by atoms with Crippen molar-refractivity contribution in [3.8, 4) is 0 Å². The van der Waals surface area contributed by atoms with E-state index in [4.69, 9.17) is 15.6 Å². The summed E-state index contributed by atoms with van der Waals surface area (Å²) >= 11 is 0. The first-order chi connectivity index (χ1) is 8.50. The number of nitrogens with two attached hydrogens (primary N) is 1. The van der Waals surface area contributed by atoms with E-state index in [1.165, 1.54) is 0 Å². The molecular weight excluding hydrogens is 236 g/mol. The molecule has 0 saturated heterocycles. The van der Waals surface area contributed by atoms with Crippen LogP contribution in [0.4, 0.5) is 5.69 Å². The van der Waals surface area contributed by atoms with Gasteiger partial charge in [0.15, 0.2) is 0 Å². The molecule has 0 aliphatic carbocycles. The molecule has 0 atom stereocenters. The molecule has 98 valence electrons. The number of rotatable bonds is 6. The van der Waals surface area contributed by atoms with Crippen molar-refractivity contribution >= 4 is 17.6 Å². The normalized spacial score (nSPS) is 10.1. The zero-order chi connectivity index (χ0) is 13.5. The average Bonchev–Trinajstić information content (AvgIpc) is 2.31. The van der Waals surface area contributed by atoms with Gasteiger partial charge in [0.2, 0.25) is 0 Å². The maximum atomic E-state index is 11.8. The van der Waals surface area contributed by atoms with Crippen LogP contribution in [0.2, 0.25) is 0 Å². The summed E-state index contributed by atoms with van der Waals surface area (Å²) in [5, 5.41) is 10.9. The summed E-state index contributed by atoms with van der Waals surface area (Å²) in [6.07, 6.45) is 0. The molecule has 0 spiro atoms. The van der Waals surface area contributed by atoms with Crippen LogP contribution in [0.1, 0.15) is 15.9 Å². The van der Waals surface area contributed by atoms with E-state index >= 15 is 0 Å². The third-order valence-electron chi connectivity index (χ3n) is 2.21. The third kappa shape index (κ3) is 4.42. The number of ether oxygens (including phenoxy) is 1. The van der Waals surface area contributed by atoms with Gasteiger partial charge in [-0.15, -0.1) is 0 Å². The van der Waals surface area contributed by atoms with E-state index in [1.54, 1.807) is 12.1 Å². The van der Waals surface area contributed by atoms with Crippen molar-refractivity contribution < 1.29 is 19.4 Å². The zero-order valence-electron chi connectivity index (χ0n) is 10.1. The quantitative estimate of drug-likeness (QED) is 0.502. The molecule has 0 saturated carbocycles. The predicted molar refractivity (Wildman–Crippen MR) is 66.4 cm³/mol. The van der Waals surface area contributed by atoms with Crippen LogP contribution in [0.15, 0.2) is 18.2 Å². The van der Waals surface area contributed by atoms with Crippen LogP contribution in [0.25, 0.3) is 0 Å². The molecule has 0 aromatic heterocycles. The van der Waals surface area contributed by atoms with E-state index in [0.29, 0.717) is 11.3 Å². The van der Waals surface area contributed by atoms with Crippen molar-refractivity contribution in [2.45, 2.75) is 6.92 Å². The number of nitrogen functional groups attached to an aromatic ring is 1. The lowest BCUT2D eigenvalue weighted by Gasteiger charge is -2.08. The third-order valence-corrected chi connectivity index (χ3v) is 2.21. The van der Waals surface area contributed by atoms with E-state index in [0.717, 1.165) is 5.56 Å². The monoisotopic (exact) mass is 252 g/mol. The highest BCUT2D eigenvalue weighted by Crippen LogP contribution is 2.13. The smallest absolute Gasteiger partial charge is 0.329 e. The molecule has 6 heteroatoms. The maximum Gasteiger partial charge on any atom is 0.329 e. The van der Waals surface area contributed by atoms with E-state index in [1.807, 2.05) is 13.0 Å². The first kappa shape index (κ1) is 14.0. The van der Waals surface area contributed by atoms with E-state index in [9.17, 15) is 9.59 Å². The zero-order valence-corrected chi connectivity index (χ0v) is 10.1. The number of carbonyl (C=O) groups is 2. The number of aliphatic carboxylic acids is 1. The molecule has 1 aromatic rings.